The Balaban J connectivity index is 0. The van der Waals surface area contributed by atoms with Crippen LogP contribution in [-0.4, -0.2) is 26.8 Å². The molecule has 0 aliphatic rings. The predicted molar refractivity (Wildman–Crippen MR) is 13.1 cm³/mol. The van der Waals surface area contributed by atoms with E-state index < -0.39 is 14.5 Å². The topological polar surface area (TPSA) is 77.8 Å². The SMILES string of the molecule is O=[As](O)(O)O.[Ru]. The van der Waals surface area contributed by atoms with Crippen molar-refractivity contribution in [2.45, 2.75) is 0 Å². The Morgan fingerprint density at radius 3 is 1.17 bits per heavy atom. The van der Waals surface area contributed by atoms with E-state index >= 15 is 0 Å². The molecule has 0 fully saturated rings. The molecule has 0 aromatic rings. The van der Waals surface area contributed by atoms with Crippen LogP contribution in [-0.2, 0) is 23.2 Å². The molecule has 0 spiro atoms. The Kier molecular flexibility index (Phi) is 4.89. The van der Waals surface area contributed by atoms with E-state index in [4.69, 9.17) is 16.0 Å². The van der Waals surface area contributed by atoms with Crippen molar-refractivity contribution in [1.82, 2.24) is 0 Å². The third-order valence-corrected chi connectivity index (χ3v) is 0. The van der Waals surface area contributed by atoms with Crippen LogP contribution in [0.5, 0.6) is 0 Å². The molecule has 0 aliphatic carbocycles. The van der Waals surface area contributed by atoms with E-state index in [2.05, 4.69) is 0 Å². The molecule has 0 saturated carbocycles. The predicted octanol–water partition coefficient (Wildman–Crippen LogP) is -2.17. The van der Waals surface area contributed by atoms with Crippen molar-refractivity contribution in [2.24, 2.45) is 0 Å². The first-order valence-electron chi connectivity index (χ1n) is 0.783. The summed E-state index contributed by atoms with van der Waals surface area (Å²) in [5.74, 6) is 0. The summed E-state index contributed by atoms with van der Waals surface area (Å²) < 4.78 is 30.7. The van der Waals surface area contributed by atoms with Gasteiger partial charge in [-0.25, -0.2) is 0 Å². The van der Waals surface area contributed by atoms with Gasteiger partial charge in [-0.05, 0) is 0 Å². The second kappa shape index (κ2) is 2.94. The van der Waals surface area contributed by atoms with E-state index in [-0.39, 0.29) is 19.5 Å². The first-order valence-corrected chi connectivity index (χ1v) is 4.07. The first-order chi connectivity index (χ1) is 2.00. The van der Waals surface area contributed by atoms with Gasteiger partial charge in [0.1, 0.15) is 0 Å². The number of hydrogen-bond donors (Lipinski definition) is 3. The van der Waals surface area contributed by atoms with Gasteiger partial charge in [-0.1, -0.05) is 0 Å². The zero-order valence-electron chi connectivity index (χ0n) is 2.55. The molecule has 0 bridgehead atoms. The average molecular weight is 243 g/mol. The summed E-state index contributed by atoms with van der Waals surface area (Å²) in [4.78, 5) is 0. The van der Waals surface area contributed by atoms with E-state index in [1.807, 2.05) is 0 Å². The molecule has 0 heterocycles. The van der Waals surface area contributed by atoms with Gasteiger partial charge in [0.25, 0.3) is 0 Å². The van der Waals surface area contributed by atoms with Crippen LogP contribution in [0.15, 0.2) is 0 Å². The van der Waals surface area contributed by atoms with Gasteiger partial charge in [-0.3, -0.25) is 0 Å². The second-order valence-electron chi connectivity index (χ2n) is 0.513. The van der Waals surface area contributed by atoms with Crippen molar-refractivity contribution in [2.75, 3.05) is 0 Å². The van der Waals surface area contributed by atoms with E-state index in [1.54, 1.807) is 0 Å². The summed E-state index contributed by atoms with van der Waals surface area (Å²) in [7, 11) is 0. The maximum absolute atomic E-state index is 8.94. The van der Waals surface area contributed by atoms with Crippen LogP contribution >= 0.6 is 0 Å². The second-order valence-corrected chi connectivity index (χ2v) is 2.67. The molecule has 0 aliphatic heterocycles. The third kappa shape index (κ3) is 97.6. The Morgan fingerprint density at radius 1 is 1.17 bits per heavy atom. The Hall–Kier alpha value is 0.862. The molecule has 0 rings (SSSR count). The van der Waals surface area contributed by atoms with Crippen molar-refractivity contribution in [1.29, 1.82) is 0 Å². The molecule has 3 N–H and O–H groups in total. The standard InChI is InChI=1S/AsH3O4.Ru/c2-1(3,4)5;/h(H3,2,3,4,5);. The van der Waals surface area contributed by atoms with Gasteiger partial charge >= 0.3 is 30.5 Å². The first kappa shape index (κ1) is 9.97. The maximum Gasteiger partial charge on any atom is 0 e. The van der Waals surface area contributed by atoms with E-state index in [1.165, 1.54) is 0 Å². The van der Waals surface area contributed by atoms with Crippen LogP contribution < -0.4 is 0 Å². The number of hydrogen-bond acceptors (Lipinski definition) is 1. The third-order valence-electron chi connectivity index (χ3n) is 0. The fourth-order valence-electron chi connectivity index (χ4n) is 0. The fourth-order valence-corrected chi connectivity index (χ4v) is 0. The van der Waals surface area contributed by atoms with Crippen molar-refractivity contribution < 1.29 is 35.5 Å². The van der Waals surface area contributed by atoms with Crippen LogP contribution in [0.4, 0.5) is 0 Å². The molecule has 0 unspecified atom stereocenters. The molecule has 0 aromatic carbocycles. The van der Waals surface area contributed by atoms with Crippen LogP contribution in [0.25, 0.3) is 0 Å². The molecular weight excluding hydrogens is 240 g/mol. The molecule has 0 aromatic heterocycles. The molecule has 0 saturated heterocycles. The van der Waals surface area contributed by atoms with Gasteiger partial charge < -0.3 is 0 Å². The Morgan fingerprint density at radius 2 is 1.17 bits per heavy atom. The van der Waals surface area contributed by atoms with E-state index in [9.17, 15) is 0 Å². The van der Waals surface area contributed by atoms with Crippen LogP contribution in [0.2, 0.25) is 0 Å². The minimum atomic E-state index is -5.12. The molecular formula is H3AsO4Ru. The molecule has 0 radical (unpaired) electrons. The maximum atomic E-state index is 8.94. The molecule has 40 valence electrons. The number of rotatable bonds is 0. The van der Waals surface area contributed by atoms with Crippen LogP contribution in [0, 0.1) is 0 Å². The van der Waals surface area contributed by atoms with Gasteiger partial charge in [0, 0.05) is 19.5 Å². The Labute approximate surface area is 50.3 Å². The van der Waals surface area contributed by atoms with E-state index in [0.29, 0.717) is 0 Å². The van der Waals surface area contributed by atoms with Gasteiger partial charge in [0.2, 0.25) is 0 Å². The zero-order chi connectivity index (χ0) is 4.50. The smallest absolute Gasteiger partial charge is 0 e. The van der Waals surface area contributed by atoms with Crippen molar-refractivity contribution in [3.63, 3.8) is 0 Å². The van der Waals surface area contributed by atoms with Gasteiger partial charge in [-0.15, -0.1) is 0 Å². The summed E-state index contributed by atoms with van der Waals surface area (Å²) in [6.07, 6.45) is 0. The van der Waals surface area contributed by atoms with Gasteiger partial charge in [0.15, 0.2) is 0 Å². The quantitative estimate of drug-likeness (QED) is 0.423. The summed E-state index contributed by atoms with van der Waals surface area (Å²) >= 11 is -5.12. The normalized spacial score (nSPS) is 9.83. The van der Waals surface area contributed by atoms with Crippen molar-refractivity contribution in [3.8, 4) is 0 Å². The molecule has 6 heavy (non-hydrogen) atoms. The minimum Gasteiger partial charge on any atom is 0 e. The van der Waals surface area contributed by atoms with E-state index in [0.717, 1.165) is 0 Å². The van der Waals surface area contributed by atoms with Crippen LogP contribution in [0.3, 0.4) is 0 Å². The minimum absolute atomic E-state index is 0. The molecule has 4 nitrogen and oxygen atoms in total. The summed E-state index contributed by atoms with van der Waals surface area (Å²) in [6.45, 7) is 0. The van der Waals surface area contributed by atoms with Gasteiger partial charge in [0.05, 0.1) is 0 Å². The average Bonchev–Trinajstić information content (AvgIpc) is 0.722. The zero-order valence-corrected chi connectivity index (χ0v) is 6.17. The summed E-state index contributed by atoms with van der Waals surface area (Å²) in [5, 5.41) is 0. The summed E-state index contributed by atoms with van der Waals surface area (Å²) in [5.41, 5.74) is 0. The van der Waals surface area contributed by atoms with Gasteiger partial charge in [-0.2, -0.15) is 0 Å². The van der Waals surface area contributed by atoms with Crippen molar-refractivity contribution in [3.05, 3.63) is 0 Å². The van der Waals surface area contributed by atoms with Crippen LogP contribution in [0.1, 0.15) is 0 Å². The molecule has 0 atom stereocenters. The van der Waals surface area contributed by atoms with Crippen molar-refractivity contribution >= 4 is 14.5 Å². The largest absolute Gasteiger partial charge is 0 e. The summed E-state index contributed by atoms with van der Waals surface area (Å²) in [6, 6.07) is 0. The monoisotopic (exact) mass is 244 g/mol. The molecule has 0 amide bonds. The Bertz CT molecular complexity index is 53.7. The molecule has 6 heteroatoms. The fraction of sp³-hybridized carbons (Fsp3) is 0.